The van der Waals surface area contributed by atoms with Crippen LogP contribution in [-0.2, 0) is 0 Å². The molecule has 5 heteroatoms. The van der Waals surface area contributed by atoms with Crippen molar-refractivity contribution in [1.82, 2.24) is 10.3 Å². The van der Waals surface area contributed by atoms with Gasteiger partial charge in [-0.3, -0.25) is 4.79 Å². The summed E-state index contributed by atoms with van der Waals surface area (Å²) in [6.45, 7) is 0. The van der Waals surface area contributed by atoms with Crippen LogP contribution in [0.2, 0.25) is 0 Å². The molecule has 0 aromatic carbocycles. The van der Waals surface area contributed by atoms with Gasteiger partial charge in [-0.15, -0.1) is 11.8 Å². The molecule has 0 bridgehead atoms. The minimum absolute atomic E-state index is 0.175. The zero-order valence-corrected chi connectivity index (χ0v) is 10.1. The second kappa shape index (κ2) is 4.74. The standard InChI is InChI=1S/C11H14N2O2S/c1-12-11(14)9-10(16-2)8(5-6-13-9)15-7-3-4-7/h5-7H,3-4H2,1-2H3,(H,12,14). The minimum Gasteiger partial charge on any atom is -0.489 e. The maximum Gasteiger partial charge on any atom is 0.270 e. The molecule has 0 radical (unpaired) electrons. The topological polar surface area (TPSA) is 51.2 Å². The SMILES string of the molecule is CNC(=O)c1nccc(OC2CC2)c1SC. The first-order valence-corrected chi connectivity index (χ1v) is 6.40. The summed E-state index contributed by atoms with van der Waals surface area (Å²) < 4.78 is 5.74. The van der Waals surface area contributed by atoms with Gasteiger partial charge in [-0.25, -0.2) is 4.98 Å². The number of ether oxygens (including phenoxy) is 1. The van der Waals surface area contributed by atoms with Gasteiger partial charge >= 0.3 is 0 Å². The summed E-state index contributed by atoms with van der Waals surface area (Å²) in [7, 11) is 1.60. The summed E-state index contributed by atoms with van der Waals surface area (Å²) in [6, 6.07) is 1.82. The number of carbonyl (C=O) groups is 1. The molecule has 4 nitrogen and oxygen atoms in total. The van der Waals surface area contributed by atoms with Crippen LogP contribution in [0.5, 0.6) is 5.75 Å². The van der Waals surface area contributed by atoms with Crippen molar-refractivity contribution >= 4 is 17.7 Å². The van der Waals surface area contributed by atoms with Crippen LogP contribution in [0, 0.1) is 0 Å². The number of pyridine rings is 1. The maximum absolute atomic E-state index is 11.6. The van der Waals surface area contributed by atoms with Crippen molar-refractivity contribution in [2.24, 2.45) is 0 Å². The van der Waals surface area contributed by atoms with Crippen LogP contribution < -0.4 is 10.1 Å². The fraction of sp³-hybridized carbons (Fsp3) is 0.455. The van der Waals surface area contributed by atoms with E-state index in [0.717, 1.165) is 23.5 Å². The lowest BCUT2D eigenvalue weighted by atomic mass is 10.3. The summed E-state index contributed by atoms with van der Waals surface area (Å²) in [5.41, 5.74) is 0.438. The number of carbonyl (C=O) groups excluding carboxylic acids is 1. The number of nitrogens with zero attached hydrogens (tertiary/aromatic N) is 1. The lowest BCUT2D eigenvalue weighted by molar-refractivity contribution is 0.0954. The summed E-state index contributed by atoms with van der Waals surface area (Å²) in [4.78, 5) is 16.5. The van der Waals surface area contributed by atoms with Crippen molar-refractivity contribution in [3.05, 3.63) is 18.0 Å². The molecule has 0 unspecified atom stereocenters. The van der Waals surface area contributed by atoms with Crippen LogP contribution in [0.1, 0.15) is 23.3 Å². The highest BCUT2D eigenvalue weighted by molar-refractivity contribution is 7.98. The molecule has 1 aliphatic carbocycles. The number of rotatable bonds is 4. The molecule has 0 aliphatic heterocycles. The van der Waals surface area contributed by atoms with Crippen LogP contribution in [0.3, 0.4) is 0 Å². The molecule has 2 rings (SSSR count). The van der Waals surface area contributed by atoms with E-state index in [4.69, 9.17) is 4.74 Å². The Morgan fingerprint density at radius 1 is 1.62 bits per heavy atom. The van der Waals surface area contributed by atoms with Gasteiger partial charge in [0.2, 0.25) is 0 Å². The third-order valence-electron chi connectivity index (χ3n) is 2.33. The molecular formula is C11H14N2O2S. The van der Waals surface area contributed by atoms with Gasteiger partial charge in [0.15, 0.2) is 0 Å². The Labute approximate surface area is 98.8 Å². The first kappa shape index (κ1) is 11.3. The van der Waals surface area contributed by atoms with E-state index >= 15 is 0 Å². The lowest BCUT2D eigenvalue weighted by Gasteiger charge is -2.11. The monoisotopic (exact) mass is 238 g/mol. The predicted octanol–water partition coefficient (Wildman–Crippen LogP) is 1.70. The average Bonchev–Trinajstić information content (AvgIpc) is 3.11. The number of hydrogen-bond donors (Lipinski definition) is 1. The van der Waals surface area contributed by atoms with Gasteiger partial charge in [-0.2, -0.15) is 0 Å². The minimum atomic E-state index is -0.175. The van der Waals surface area contributed by atoms with E-state index in [9.17, 15) is 4.79 Å². The average molecular weight is 238 g/mol. The second-order valence-electron chi connectivity index (χ2n) is 3.59. The zero-order valence-electron chi connectivity index (χ0n) is 9.32. The Bertz CT molecular complexity index is 405. The second-order valence-corrected chi connectivity index (χ2v) is 4.40. The molecule has 1 aromatic heterocycles. The molecule has 0 atom stereocenters. The molecule has 16 heavy (non-hydrogen) atoms. The van der Waals surface area contributed by atoms with Crippen molar-refractivity contribution in [2.45, 2.75) is 23.8 Å². The molecule has 1 aliphatic rings. The summed E-state index contributed by atoms with van der Waals surface area (Å²) in [5, 5.41) is 2.58. The molecule has 0 spiro atoms. The van der Waals surface area contributed by atoms with E-state index in [0.29, 0.717) is 11.8 Å². The molecule has 1 fully saturated rings. The van der Waals surface area contributed by atoms with Crippen LogP contribution in [0.4, 0.5) is 0 Å². The molecule has 1 heterocycles. The number of thioether (sulfide) groups is 1. The zero-order chi connectivity index (χ0) is 11.5. The van der Waals surface area contributed by atoms with Crippen molar-refractivity contribution in [1.29, 1.82) is 0 Å². The summed E-state index contributed by atoms with van der Waals surface area (Å²) in [6.07, 6.45) is 6.06. The van der Waals surface area contributed by atoms with Gasteiger partial charge in [0, 0.05) is 13.2 Å². The molecule has 1 saturated carbocycles. The van der Waals surface area contributed by atoms with Gasteiger partial charge in [-0.05, 0) is 25.2 Å². The number of aromatic nitrogens is 1. The molecule has 0 saturated heterocycles. The normalized spacial score (nSPS) is 14.6. The van der Waals surface area contributed by atoms with Gasteiger partial charge in [0.05, 0.1) is 11.0 Å². The van der Waals surface area contributed by atoms with E-state index in [-0.39, 0.29) is 5.91 Å². The van der Waals surface area contributed by atoms with E-state index in [1.807, 2.05) is 12.3 Å². The smallest absolute Gasteiger partial charge is 0.270 e. The fourth-order valence-electron chi connectivity index (χ4n) is 1.37. The quantitative estimate of drug-likeness (QED) is 0.811. The van der Waals surface area contributed by atoms with Gasteiger partial charge in [0.1, 0.15) is 11.4 Å². The lowest BCUT2D eigenvalue weighted by Crippen LogP contribution is -2.20. The number of nitrogens with one attached hydrogen (secondary N) is 1. The molecular weight excluding hydrogens is 224 g/mol. The third-order valence-corrected chi connectivity index (χ3v) is 3.14. The van der Waals surface area contributed by atoms with Gasteiger partial charge < -0.3 is 10.1 Å². The molecule has 86 valence electrons. The highest BCUT2D eigenvalue weighted by Crippen LogP contribution is 2.34. The molecule has 1 N–H and O–H groups in total. The van der Waals surface area contributed by atoms with Crippen LogP contribution >= 0.6 is 11.8 Å². The largest absolute Gasteiger partial charge is 0.489 e. The van der Waals surface area contributed by atoms with Crippen molar-refractivity contribution in [3.8, 4) is 5.75 Å². The first-order chi connectivity index (χ1) is 7.76. The number of hydrogen-bond acceptors (Lipinski definition) is 4. The Kier molecular flexibility index (Phi) is 3.33. The van der Waals surface area contributed by atoms with Gasteiger partial charge in [0.25, 0.3) is 5.91 Å². The van der Waals surface area contributed by atoms with Crippen molar-refractivity contribution < 1.29 is 9.53 Å². The summed E-state index contributed by atoms with van der Waals surface area (Å²) >= 11 is 1.49. The van der Waals surface area contributed by atoms with Crippen molar-refractivity contribution in [2.75, 3.05) is 13.3 Å². The highest BCUT2D eigenvalue weighted by atomic mass is 32.2. The first-order valence-electron chi connectivity index (χ1n) is 5.18. The highest BCUT2D eigenvalue weighted by Gasteiger charge is 2.26. The van der Waals surface area contributed by atoms with E-state index in [1.54, 1.807) is 13.2 Å². The third kappa shape index (κ3) is 2.29. The van der Waals surface area contributed by atoms with E-state index < -0.39 is 0 Å². The number of amides is 1. The summed E-state index contributed by atoms with van der Waals surface area (Å²) in [5.74, 6) is 0.592. The molecule has 1 amide bonds. The molecule has 1 aromatic rings. The van der Waals surface area contributed by atoms with Crippen LogP contribution in [-0.4, -0.2) is 30.3 Å². The Hall–Kier alpha value is -1.23. The van der Waals surface area contributed by atoms with Crippen molar-refractivity contribution in [3.63, 3.8) is 0 Å². The van der Waals surface area contributed by atoms with Gasteiger partial charge in [-0.1, -0.05) is 0 Å². The van der Waals surface area contributed by atoms with Crippen LogP contribution in [0.25, 0.3) is 0 Å². The predicted molar refractivity (Wildman–Crippen MR) is 63.1 cm³/mol. The fourth-order valence-corrected chi connectivity index (χ4v) is 2.02. The maximum atomic E-state index is 11.6. The Morgan fingerprint density at radius 2 is 2.38 bits per heavy atom. The van der Waals surface area contributed by atoms with E-state index in [2.05, 4.69) is 10.3 Å². The Morgan fingerprint density at radius 3 is 2.94 bits per heavy atom. The van der Waals surface area contributed by atoms with Crippen LogP contribution in [0.15, 0.2) is 17.2 Å². The Balaban J connectivity index is 2.32. The van der Waals surface area contributed by atoms with E-state index in [1.165, 1.54) is 11.8 Å².